The van der Waals surface area contributed by atoms with Crippen LogP contribution < -0.4 is 15.7 Å². The number of likely N-dealkylation sites (tertiary alicyclic amines) is 1. The van der Waals surface area contributed by atoms with Crippen molar-refractivity contribution in [3.05, 3.63) is 48.4 Å². The average molecular weight is 511 g/mol. The molecule has 1 atom stereocenters. The van der Waals surface area contributed by atoms with Gasteiger partial charge in [-0.2, -0.15) is 0 Å². The van der Waals surface area contributed by atoms with Crippen LogP contribution in [0.4, 0.5) is 5.95 Å². The molecule has 0 aliphatic carbocycles. The average Bonchev–Trinajstić information content (AvgIpc) is 3.52. The normalized spacial score (nSPS) is 14.9. The van der Waals surface area contributed by atoms with Gasteiger partial charge in [-0.05, 0) is 26.2 Å². The lowest BCUT2D eigenvalue weighted by Crippen LogP contribution is -2.47. The molecule has 200 valence electrons. The topological polar surface area (TPSA) is 109 Å². The van der Waals surface area contributed by atoms with Gasteiger partial charge >= 0.3 is 0 Å². The van der Waals surface area contributed by atoms with Gasteiger partial charge in [-0.25, -0.2) is 10.5 Å². The molecule has 2 aromatic rings. The van der Waals surface area contributed by atoms with E-state index >= 15 is 0 Å². The zero-order valence-electron chi connectivity index (χ0n) is 22.2. The first kappa shape index (κ1) is 27.9. The Kier molecular flexibility index (Phi) is 9.85. The molecule has 0 radical (unpaired) electrons. The first-order valence-corrected chi connectivity index (χ1v) is 12.8. The fourth-order valence-corrected chi connectivity index (χ4v) is 4.39. The summed E-state index contributed by atoms with van der Waals surface area (Å²) in [6, 6.07) is 7.57. The maximum atomic E-state index is 12.9. The molecular formula is C27H38N6O4. The fourth-order valence-electron chi connectivity index (χ4n) is 4.39. The number of carbonyl (C=O) groups is 3. The van der Waals surface area contributed by atoms with E-state index in [1.807, 2.05) is 41.0 Å². The first-order chi connectivity index (χ1) is 17.7. The molecular weight excluding hydrogens is 472 g/mol. The molecule has 2 heterocycles. The minimum absolute atomic E-state index is 0.135. The SMILES string of the molecule is C=C(N(CCCCC)c1nc(-c2ccc(C)cc2)cn1C(C)=O)N1CCCC1C(=O)NCONC(C)=O. The minimum atomic E-state index is -0.445. The summed E-state index contributed by atoms with van der Waals surface area (Å²) < 4.78 is 1.55. The number of imidazole rings is 1. The molecule has 10 nitrogen and oxygen atoms in total. The maximum absolute atomic E-state index is 12.9. The quantitative estimate of drug-likeness (QED) is 0.255. The highest BCUT2D eigenvalue weighted by molar-refractivity contribution is 5.83. The predicted octanol–water partition coefficient (Wildman–Crippen LogP) is 3.59. The van der Waals surface area contributed by atoms with Crippen LogP contribution in [0, 0.1) is 6.92 Å². The largest absolute Gasteiger partial charge is 0.346 e. The van der Waals surface area contributed by atoms with Crippen molar-refractivity contribution < 1.29 is 19.2 Å². The second-order valence-corrected chi connectivity index (χ2v) is 9.30. The van der Waals surface area contributed by atoms with Gasteiger partial charge < -0.3 is 10.2 Å². The van der Waals surface area contributed by atoms with Crippen LogP contribution in [-0.2, 0) is 14.4 Å². The number of nitrogens with zero attached hydrogens (tertiary/aromatic N) is 4. The van der Waals surface area contributed by atoms with Crippen LogP contribution in [0.25, 0.3) is 11.3 Å². The molecule has 1 unspecified atom stereocenters. The van der Waals surface area contributed by atoms with Gasteiger partial charge in [0.25, 0.3) is 0 Å². The summed E-state index contributed by atoms with van der Waals surface area (Å²) in [5.74, 6) is 0.399. The number of rotatable bonds is 12. The van der Waals surface area contributed by atoms with Crippen molar-refractivity contribution >= 4 is 23.7 Å². The van der Waals surface area contributed by atoms with E-state index in [9.17, 15) is 14.4 Å². The van der Waals surface area contributed by atoms with Crippen molar-refractivity contribution in [1.29, 1.82) is 0 Å². The van der Waals surface area contributed by atoms with Crippen molar-refractivity contribution in [2.75, 3.05) is 24.7 Å². The van der Waals surface area contributed by atoms with Gasteiger partial charge in [0, 0.05) is 38.7 Å². The van der Waals surface area contributed by atoms with Crippen molar-refractivity contribution in [2.24, 2.45) is 0 Å². The van der Waals surface area contributed by atoms with E-state index < -0.39 is 6.04 Å². The molecule has 1 fully saturated rings. The lowest BCUT2D eigenvalue weighted by atomic mass is 10.1. The number of benzene rings is 1. The Morgan fingerprint density at radius 3 is 2.57 bits per heavy atom. The fraction of sp³-hybridized carbons (Fsp3) is 0.481. The summed E-state index contributed by atoms with van der Waals surface area (Å²) in [6.45, 7) is 12.5. The number of hydrogen-bond acceptors (Lipinski definition) is 7. The van der Waals surface area contributed by atoms with E-state index in [0.717, 1.165) is 36.8 Å². The summed E-state index contributed by atoms with van der Waals surface area (Å²) in [6.07, 6.45) is 6.18. The van der Waals surface area contributed by atoms with Gasteiger partial charge in [-0.3, -0.25) is 28.7 Å². The highest BCUT2D eigenvalue weighted by Crippen LogP contribution is 2.30. The van der Waals surface area contributed by atoms with Crippen LogP contribution in [0.5, 0.6) is 0 Å². The highest BCUT2D eigenvalue weighted by Gasteiger charge is 2.34. The van der Waals surface area contributed by atoms with Crippen LogP contribution in [-0.4, -0.2) is 58.0 Å². The number of hydroxylamine groups is 1. The second kappa shape index (κ2) is 13.0. The molecule has 1 aromatic heterocycles. The Morgan fingerprint density at radius 1 is 1.19 bits per heavy atom. The van der Waals surface area contributed by atoms with Crippen molar-refractivity contribution in [2.45, 2.75) is 65.8 Å². The summed E-state index contributed by atoms with van der Waals surface area (Å²) in [5, 5.41) is 2.70. The molecule has 1 aliphatic heterocycles. The Bertz CT molecular complexity index is 1110. The van der Waals surface area contributed by atoms with Crippen LogP contribution in [0.2, 0.25) is 0 Å². The Hall–Kier alpha value is -3.66. The van der Waals surface area contributed by atoms with Gasteiger partial charge in [0.1, 0.15) is 18.6 Å². The van der Waals surface area contributed by atoms with Crippen LogP contribution in [0.1, 0.15) is 63.2 Å². The summed E-state index contributed by atoms with van der Waals surface area (Å²) in [7, 11) is 0. The second-order valence-electron chi connectivity index (χ2n) is 9.30. The number of carbonyl (C=O) groups excluding carboxylic acids is 3. The van der Waals surface area contributed by atoms with E-state index in [2.05, 4.69) is 24.3 Å². The molecule has 1 saturated heterocycles. The number of hydrogen-bond donors (Lipinski definition) is 2. The van der Waals surface area contributed by atoms with Crippen molar-refractivity contribution in [1.82, 2.24) is 25.2 Å². The van der Waals surface area contributed by atoms with E-state index in [4.69, 9.17) is 9.82 Å². The number of anilines is 1. The molecule has 2 N–H and O–H groups in total. The van der Waals surface area contributed by atoms with E-state index in [1.165, 1.54) is 13.8 Å². The lowest BCUT2D eigenvalue weighted by Gasteiger charge is -2.35. The van der Waals surface area contributed by atoms with E-state index in [1.54, 1.807) is 10.8 Å². The molecule has 1 aliphatic rings. The van der Waals surface area contributed by atoms with Gasteiger partial charge in [0.15, 0.2) is 0 Å². The van der Waals surface area contributed by atoms with Crippen molar-refractivity contribution in [3.8, 4) is 11.3 Å². The van der Waals surface area contributed by atoms with Gasteiger partial charge in [0.2, 0.25) is 23.7 Å². The summed E-state index contributed by atoms with van der Waals surface area (Å²) in [4.78, 5) is 50.3. The monoisotopic (exact) mass is 510 g/mol. The molecule has 0 spiro atoms. The third-order valence-electron chi connectivity index (χ3n) is 6.33. The van der Waals surface area contributed by atoms with E-state index in [-0.39, 0.29) is 24.5 Å². The first-order valence-electron chi connectivity index (χ1n) is 12.8. The predicted molar refractivity (Wildman–Crippen MR) is 142 cm³/mol. The van der Waals surface area contributed by atoms with Gasteiger partial charge in [-0.15, -0.1) is 0 Å². The molecule has 0 bridgehead atoms. The number of nitrogens with one attached hydrogen (secondary N) is 2. The molecule has 2 amide bonds. The lowest BCUT2D eigenvalue weighted by molar-refractivity contribution is -0.136. The Balaban J connectivity index is 1.87. The number of amides is 2. The zero-order valence-corrected chi connectivity index (χ0v) is 22.2. The van der Waals surface area contributed by atoms with Crippen molar-refractivity contribution in [3.63, 3.8) is 0 Å². The third-order valence-corrected chi connectivity index (χ3v) is 6.33. The van der Waals surface area contributed by atoms with E-state index in [0.29, 0.717) is 37.0 Å². The van der Waals surface area contributed by atoms with Crippen LogP contribution >= 0.6 is 0 Å². The standard InChI is InChI=1S/C27H38N6O4/c1-6-7-8-15-32(21(4)31-16-9-10-25(31)26(36)28-18-37-30-20(3)34)27-29-24(17-33(27)22(5)35)23-13-11-19(2)12-14-23/h11-14,17,25H,4,6-10,15-16,18H2,1-3,5H3,(H,28,36)(H,30,34). The van der Waals surface area contributed by atoms with Gasteiger partial charge in [-0.1, -0.05) is 56.2 Å². The molecule has 0 saturated carbocycles. The minimum Gasteiger partial charge on any atom is -0.346 e. The number of aromatic nitrogens is 2. The van der Waals surface area contributed by atoms with Crippen LogP contribution in [0.15, 0.2) is 42.9 Å². The number of unbranched alkanes of at least 4 members (excludes halogenated alkanes) is 2. The molecule has 3 rings (SSSR count). The molecule has 37 heavy (non-hydrogen) atoms. The molecule has 10 heteroatoms. The highest BCUT2D eigenvalue weighted by atomic mass is 16.7. The smallest absolute Gasteiger partial charge is 0.244 e. The molecule has 1 aromatic carbocycles. The Morgan fingerprint density at radius 2 is 1.92 bits per heavy atom. The number of aryl methyl sites for hydroxylation is 1. The zero-order chi connectivity index (χ0) is 26.9. The van der Waals surface area contributed by atoms with Crippen LogP contribution in [0.3, 0.4) is 0 Å². The summed E-state index contributed by atoms with van der Waals surface area (Å²) in [5.41, 5.74) is 4.96. The Labute approximate surface area is 218 Å². The summed E-state index contributed by atoms with van der Waals surface area (Å²) >= 11 is 0. The van der Waals surface area contributed by atoms with Gasteiger partial charge in [0.05, 0.1) is 5.69 Å². The third kappa shape index (κ3) is 7.19. The maximum Gasteiger partial charge on any atom is 0.244 e.